The Kier molecular flexibility index (Phi) is 10.8. The number of carbonyl (C=O) groups is 3. The van der Waals surface area contributed by atoms with Gasteiger partial charge in [0, 0.05) is 18.1 Å². The van der Waals surface area contributed by atoms with Crippen molar-refractivity contribution in [2.75, 3.05) is 31.0 Å². The van der Waals surface area contributed by atoms with Crippen molar-refractivity contribution >= 4 is 58.3 Å². The monoisotopic (exact) mass is 547 g/mol. The van der Waals surface area contributed by atoms with Gasteiger partial charge in [-0.3, -0.25) is 9.59 Å². The lowest BCUT2D eigenvalue weighted by molar-refractivity contribution is -0.156. The third-order valence-electron chi connectivity index (χ3n) is 4.55. The first-order valence-electron chi connectivity index (χ1n) is 10.8. The van der Waals surface area contributed by atoms with Crippen molar-refractivity contribution in [2.45, 2.75) is 45.8 Å². The average molecular weight is 549 g/mol. The lowest BCUT2D eigenvalue weighted by Crippen LogP contribution is -2.50. The molecule has 0 radical (unpaired) electrons. The Balaban J connectivity index is 2.27. The molecule has 0 aliphatic heterocycles. The molecule has 192 valence electrons. The minimum Gasteiger partial charge on any atom is -0.464 e. The Morgan fingerprint density at radius 1 is 1.23 bits per heavy atom. The second kappa shape index (κ2) is 13.1. The summed E-state index contributed by atoms with van der Waals surface area (Å²) in [6.07, 6.45) is 1.57. The van der Waals surface area contributed by atoms with Crippen LogP contribution in [0.1, 0.15) is 34.1 Å². The maximum Gasteiger partial charge on any atom is 0.328 e. The molecule has 1 N–H and O–H groups in total. The molecule has 2 aromatic rings. The van der Waals surface area contributed by atoms with E-state index in [2.05, 4.69) is 15.6 Å². The number of halogens is 3. The molecule has 0 spiro atoms. The molecule has 1 aromatic carbocycles. The van der Waals surface area contributed by atoms with Gasteiger partial charge in [-0.05, 0) is 45.9 Å². The molecule has 2 rings (SSSR count). The Morgan fingerprint density at radius 2 is 1.94 bits per heavy atom. The van der Waals surface area contributed by atoms with Gasteiger partial charge in [-0.15, -0.1) is 16.7 Å². The summed E-state index contributed by atoms with van der Waals surface area (Å²) in [6.45, 7) is 7.06. The second-order valence-corrected chi connectivity index (χ2v) is 9.46. The number of ether oxygens (including phenoxy) is 2. The highest BCUT2D eigenvalue weighted by atomic mass is 35.5. The number of amides is 2. The number of esters is 1. The van der Waals surface area contributed by atoms with Crippen molar-refractivity contribution in [1.29, 1.82) is 0 Å². The van der Waals surface area contributed by atoms with E-state index < -0.39 is 41.9 Å². The summed E-state index contributed by atoms with van der Waals surface area (Å²) in [4.78, 5) is 39.5. The van der Waals surface area contributed by atoms with Crippen LogP contribution in [0, 0.1) is 0 Å². The van der Waals surface area contributed by atoms with Gasteiger partial charge in [-0.1, -0.05) is 28.4 Å². The number of hydrogen-bond donors (Lipinski definition) is 1. The third kappa shape index (κ3) is 8.96. The molecule has 0 fully saturated rings. The highest BCUT2D eigenvalue weighted by Gasteiger charge is 2.32. The summed E-state index contributed by atoms with van der Waals surface area (Å²) in [5, 5.41) is 10.8. The second-order valence-electron chi connectivity index (χ2n) is 8.37. The van der Waals surface area contributed by atoms with Crippen LogP contribution in [0.5, 0.6) is 0 Å². The zero-order valence-corrected chi connectivity index (χ0v) is 22.2. The maximum absolute atomic E-state index is 13.0. The van der Waals surface area contributed by atoms with Crippen LogP contribution in [0.15, 0.2) is 24.4 Å². The summed E-state index contributed by atoms with van der Waals surface area (Å²) < 4.78 is 12.2. The van der Waals surface area contributed by atoms with Gasteiger partial charge in [0.25, 0.3) is 0 Å². The first-order valence-corrected chi connectivity index (χ1v) is 12.1. The van der Waals surface area contributed by atoms with Crippen molar-refractivity contribution in [3.63, 3.8) is 0 Å². The summed E-state index contributed by atoms with van der Waals surface area (Å²) >= 11 is 17.8. The standard InChI is InChI=1S/C22H28Cl3N5O5/c1-5-34-21(33)17(8-9-35-22(2,3)4)29(20(32)11-23)13-19(31)26-15-10-14(24)6-7-16(15)30-12-18(25)27-28-30/h6-7,10,12,17H,5,8-9,11,13H2,1-4H3,(H,26,31)/t17-/m0/s1. The quantitative estimate of drug-likeness (QED) is 0.336. The molecular formula is C22H28Cl3N5O5. The van der Waals surface area contributed by atoms with Crippen LogP contribution in [0.4, 0.5) is 5.69 Å². The molecule has 0 bridgehead atoms. The Bertz CT molecular complexity index is 1040. The van der Waals surface area contributed by atoms with E-state index in [1.54, 1.807) is 19.1 Å². The van der Waals surface area contributed by atoms with Crippen LogP contribution in [-0.2, 0) is 23.9 Å². The first-order chi connectivity index (χ1) is 16.4. The number of nitrogens with zero attached hydrogens (tertiary/aromatic N) is 4. The minimum absolute atomic E-state index is 0.108. The van der Waals surface area contributed by atoms with Gasteiger partial charge in [0.05, 0.1) is 29.8 Å². The van der Waals surface area contributed by atoms with Crippen molar-refractivity contribution in [1.82, 2.24) is 19.9 Å². The number of benzene rings is 1. The van der Waals surface area contributed by atoms with Gasteiger partial charge in [0.1, 0.15) is 18.5 Å². The summed E-state index contributed by atoms with van der Waals surface area (Å²) in [7, 11) is 0. The van der Waals surface area contributed by atoms with Gasteiger partial charge in [-0.2, -0.15) is 0 Å². The predicted octanol–water partition coefficient (Wildman–Crippen LogP) is 3.72. The van der Waals surface area contributed by atoms with Gasteiger partial charge in [0.15, 0.2) is 5.15 Å². The SMILES string of the molecule is CCOC(=O)[C@H](CCOC(C)(C)C)N(CC(=O)Nc1cc(Cl)ccc1-n1cc(Cl)nn1)C(=O)CCl. The van der Waals surface area contributed by atoms with E-state index in [0.29, 0.717) is 16.4 Å². The van der Waals surface area contributed by atoms with Gasteiger partial charge in [-0.25, -0.2) is 9.48 Å². The highest BCUT2D eigenvalue weighted by molar-refractivity contribution is 6.31. The predicted molar refractivity (Wildman–Crippen MR) is 133 cm³/mol. The zero-order chi connectivity index (χ0) is 26.2. The number of alkyl halides is 1. The molecule has 35 heavy (non-hydrogen) atoms. The van der Waals surface area contributed by atoms with Crippen molar-refractivity contribution in [3.05, 3.63) is 34.6 Å². The summed E-state index contributed by atoms with van der Waals surface area (Å²) in [5.74, 6) is -2.28. The van der Waals surface area contributed by atoms with Crippen LogP contribution in [0.3, 0.4) is 0 Å². The number of hydrogen-bond acceptors (Lipinski definition) is 7. The lowest BCUT2D eigenvalue weighted by atomic mass is 10.1. The van der Waals surface area contributed by atoms with Gasteiger partial charge < -0.3 is 19.7 Å². The smallest absolute Gasteiger partial charge is 0.328 e. The zero-order valence-electron chi connectivity index (χ0n) is 19.9. The van der Waals surface area contributed by atoms with Crippen LogP contribution < -0.4 is 5.32 Å². The van der Waals surface area contributed by atoms with E-state index in [9.17, 15) is 14.4 Å². The fourth-order valence-corrected chi connectivity index (χ4v) is 3.53. The molecule has 0 unspecified atom stereocenters. The van der Waals surface area contributed by atoms with E-state index in [1.807, 2.05) is 20.8 Å². The van der Waals surface area contributed by atoms with E-state index in [-0.39, 0.29) is 24.8 Å². The first kappa shape index (κ1) is 28.8. The fourth-order valence-electron chi connectivity index (χ4n) is 3.08. The number of nitrogens with one attached hydrogen (secondary N) is 1. The van der Waals surface area contributed by atoms with Gasteiger partial charge >= 0.3 is 5.97 Å². The summed E-state index contributed by atoms with van der Waals surface area (Å²) in [5.41, 5.74) is 0.287. The van der Waals surface area contributed by atoms with Crippen molar-refractivity contribution < 1.29 is 23.9 Å². The Morgan fingerprint density at radius 3 is 2.51 bits per heavy atom. The minimum atomic E-state index is -1.07. The lowest BCUT2D eigenvalue weighted by Gasteiger charge is -2.30. The molecule has 10 nitrogen and oxygen atoms in total. The van der Waals surface area contributed by atoms with Crippen LogP contribution in [-0.4, -0.2) is 75.0 Å². The van der Waals surface area contributed by atoms with E-state index >= 15 is 0 Å². The third-order valence-corrected chi connectivity index (χ3v) is 5.19. The molecule has 1 atom stereocenters. The van der Waals surface area contributed by atoms with E-state index in [1.165, 1.54) is 16.9 Å². The van der Waals surface area contributed by atoms with Gasteiger partial charge in [0.2, 0.25) is 11.8 Å². The maximum atomic E-state index is 13.0. The van der Waals surface area contributed by atoms with Crippen molar-refractivity contribution in [2.24, 2.45) is 0 Å². The van der Waals surface area contributed by atoms with Crippen LogP contribution in [0.2, 0.25) is 10.2 Å². The average Bonchev–Trinajstić information content (AvgIpc) is 3.20. The summed E-state index contributed by atoms with van der Waals surface area (Å²) in [6, 6.07) is 3.67. The molecule has 0 aliphatic rings. The number of anilines is 1. The molecule has 0 saturated heterocycles. The number of aromatic nitrogens is 3. The van der Waals surface area contributed by atoms with E-state index in [4.69, 9.17) is 44.3 Å². The topological polar surface area (TPSA) is 116 Å². The normalized spacial score (nSPS) is 12.2. The number of carbonyl (C=O) groups excluding carboxylic acids is 3. The van der Waals surface area contributed by atoms with Crippen LogP contribution >= 0.6 is 34.8 Å². The molecule has 1 heterocycles. The van der Waals surface area contributed by atoms with E-state index in [0.717, 1.165) is 4.90 Å². The Labute approximate surface area is 218 Å². The molecule has 2 amide bonds. The Hall–Kier alpha value is -2.40. The molecule has 13 heteroatoms. The molecular weight excluding hydrogens is 521 g/mol. The largest absolute Gasteiger partial charge is 0.464 e. The van der Waals surface area contributed by atoms with Crippen molar-refractivity contribution in [3.8, 4) is 5.69 Å². The number of rotatable bonds is 11. The molecule has 0 aliphatic carbocycles. The van der Waals surface area contributed by atoms with Crippen LogP contribution in [0.25, 0.3) is 5.69 Å². The molecule has 1 aromatic heterocycles. The fraction of sp³-hybridized carbons (Fsp3) is 0.500. The molecule has 0 saturated carbocycles. The highest BCUT2D eigenvalue weighted by Crippen LogP contribution is 2.25.